The van der Waals surface area contributed by atoms with Crippen LogP contribution < -0.4 is 5.32 Å². The molecule has 1 saturated carbocycles. The first-order valence-corrected chi connectivity index (χ1v) is 9.23. The van der Waals surface area contributed by atoms with Crippen molar-refractivity contribution >= 4 is 11.6 Å². The van der Waals surface area contributed by atoms with Gasteiger partial charge in [0.15, 0.2) is 5.69 Å². The Morgan fingerprint density at radius 1 is 1.22 bits per heavy atom. The maximum absolute atomic E-state index is 12.7. The number of anilines is 1. The van der Waals surface area contributed by atoms with Crippen molar-refractivity contribution in [2.75, 3.05) is 5.32 Å². The Morgan fingerprint density at radius 3 is 2.56 bits per heavy atom. The number of aromatic nitrogens is 5. The molecule has 27 heavy (non-hydrogen) atoms. The molecule has 3 aromatic rings. The number of nitrogens with one attached hydrogen (secondary N) is 1. The normalized spacial score (nSPS) is 14.3. The molecule has 0 bridgehead atoms. The highest BCUT2D eigenvalue weighted by Gasteiger charge is 2.32. The van der Waals surface area contributed by atoms with Crippen LogP contribution in [0.25, 0.3) is 0 Å². The first-order valence-electron chi connectivity index (χ1n) is 9.23. The van der Waals surface area contributed by atoms with Crippen molar-refractivity contribution in [2.45, 2.75) is 51.6 Å². The second kappa shape index (κ2) is 6.64. The summed E-state index contributed by atoms with van der Waals surface area (Å²) in [6, 6.07) is 9.68. The van der Waals surface area contributed by atoms with E-state index < -0.39 is 0 Å². The van der Waals surface area contributed by atoms with Gasteiger partial charge in [-0.15, -0.1) is 0 Å². The minimum Gasteiger partial charge on any atom is -0.321 e. The summed E-state index contributed by atoms with van der Waals surface area (Å²) in [6.07, 6.45) is 5.55. The molecule has 0 aliphatic heterocycles. The van der Waals surface area contributed by atoms with E-state index in [1.807, 2.05) is 35.0 Å². The van der Waals surface area contributed by atoms with Gasteiger partial charge >= 0.3 is 0 Å². The highest BCUT2D eigenvalue weighted by molar-refractivity contribution is 6.02. The molecule has 140 valence electrons. The van der Waals surface area contributed by atoms with Gasteiger partial charge in [-0.1, -0.05) is 12.1 Å². The molecule has 1 aliphatic carbocycles. The summed E-state index contributed by atoms with van der Waals surface area (Å²) in [5.41, 5.74) is 3.33. The predicted molar refractivity (Wildman–Crippen MR) is 103 cm³/mol. The van der Waals surface area contributed by atoms with E-state index in [2.05, 4.69) is 41.3 Å². The average molecular weight is 364 g/mol. The maximum Gasteiger partial charge on any atom is 0.276 e. The highest BCUT2D eigenvalue weighted by atomic mass is 16.2. The number of carbonyl (C=O) groups excluding carboxylic acids is 1. The van der Waals surface area contributed by atoms with Crippen LogP contribution in [0.15, 0.2) is 43.0 Å². The zero-order valence-corrected chi connectivity index (χ0v) is 15.9. The van der Waals surface area contributed by atoms with Crippen molar-refractivity contribution in [2.24, 2.45) is 0 Å². The van der Waals surface area contributed by atoms with E-state index in [4.69, 9.17) is 0 Å². The van der Waals surface area contributed by atoms with Gasteiger partial charge in [0.05, 0.1) is 12.1 Å². The monoisotopic (exact) mass is 364 g/mol. The molecular weight excluding hydrogens is 340 g/mol. The Bertz CT molecular complexity index is 930. The summed E-state index contributed by atoms with van der Waals surface area (Å²) < 4.78 is 3.76. The summed E-state index contributed by atoms with van der Waals surface area (Å²) in [5.74, 6) is 0.360. The van der Waals surface area contributed by atoms with Gasteiger partial charge in [-0.2, -0.15) is 10.2 Å². The van der Waals surface area contributed by atoms with Crippen LogP contribution in [0.1, 0.15) is 61.3 Å². The molecule has 2 aromatic heterocycles. The fourth-order valence-electron chi connectivity index (χ4n) is 3.10. The van der Waals surface area contributed by atoms with Gasteiger partial charge < -0.3 is 5.32 Å². The summed E-state index contributed by atoms with van der Waals surface area (Å²) in [4.78, 5) is 16.6. The van der Waals surface area contributed by atoms with Crippen LogP contribution in [0, 0.1) is 0 Å². The predicted octanol–water partition coefficient (Wildman–Crippen LogP) is 3.41. The van der Waals surface area contributed by atoms with Gasteiger partial charge in [-0.05, 0) is 57.4 Å². The van der Waals surface area contributed by atoms with E-state index in [-0.39, 0.29) is 11.4 Å². The van der Waals surface area contributed by atoms with E-state index >= 15 is 0 Å². The SMILES string of the molecule is CC(C)(C)n1nc(C(=O)Nc2ccc(Cn3cncn3)cc2)cc1C1CC1. The van der Waals surface area contributed by atoms with Crippen molar-refractivity contribution in [3.63, 3.8) is 0 Å². The van der Waals surface area contributed by atoms with E-state index in [0.717, 1.165) is 16.9 Å². The Balaban J connectivity index is 1.47. The van der Waals surface area contributed by atoms with Crippen molar-refractivity contribution in [3.8, 4) is 0 Å². The summed E-state index contributed by atoms with van der Waals surface area (Å²) >= 11 is 0. The van der Waals surface area contributed by atoms with Gasteiger partial charge in [0.25, 0.3) is 5.91 Å². The van der Waals surface area contributed by atoms with E-state index in [0.29, 0.717) is 18.2 Å². The molecule has 0 unspecified atom stereocenters. The average Bonchev–Trinajstić information content (AvgIpc) is 3.15. The lowest BCUT2D eigenvalue weighted by Gasteiger charge is -2.22. The van der Waals surface area contributed by atoms with Crippen molar-refractivity contribution in [1.82, 2.24) is 24.5 Å². The van der Waals surface area contributed by atoms with Crippen molar-refractivity contribution in [3.05, 3.63) is 59.9 Å². The van der Waals surface area contributed by atoms with Crippen LogP contribution >= 0.6 is 0 Å². The molecule has 7 nitrogen and oxygen atoms in total. The molecule has 0 atom stereocenters. The smallest absolute Gasteiger partial charge is 0.276 e. The standard InChI is InChI=1S/C20H24N6O/c1-20(2,3)26-18(15-6-7-15)10-17(24-26)19(27)23-16-8-4-14(5-9-16)11-25-13-21-12-22-25/h4-5,8-10,12-13,15H,6-7,11H2,1-3H3,(H,23,27). The van der Waals surface area contributed by atoms with Gasteiger partial charge in [0, 0.05) is 17.3 Å². The zero-order valence-electron chi connectivity index (χ0n) is 15.9. The molecule has 0 spiro atoms. The molecule has 4 rings (SSSR count). The molecule has 0 saturated heterocycles. The van der Waals surface area contributed by atoms with E-state index in [9.17, 15) is 4.79 Å². The molecule has 0 radical (unpaired) electrons. The molecule has 1 amide bonds. The lowest BCUT2D eigenvalue weighted by molar-refractivity contribution is 0.102. The number of nitrogens with zero attached hydrogens (tertiary/aromatic N) is 5. The Labute approximate surface area is 158 Å². The lowest BCUT2D eigenvalue weighted by Crippen LogP contribution is -2.25. The summed E-state index contributed by atoms with van der Waals surface area (Å²) in [6.45, 7) is 6.99. The van der Waals surface area contributed by atoms with Crippen molar-refractivity contribution < 1.29 is 4.79 Å². The number of hydrogen-bond acceptors (Lipinski definition) is 4. The molecule has 1 N–H and O–H groups in total. The number of carbonyl (C=O) groups is 1. The van der Waals surface area contributed by atoms with Gasteiger partial charge in [0.2, 0.25) is 0 Å². The zero-order chi connectivity index (χ0) is 19.0. The summed E-state index contributed by atoms with van der Waals surface area (Å²) in [7, 11) is 0. The maximum atomic E-state index is 12.7. The third kappa shape index (κ3) is 3.92. The van der Waals surface area contributed by atoms with Crippen LogP contribution in [0.5, 0.6) is 0 Å². The van der Waals surface area contributed by atoms with Crippen LogP contribution in [0.3, 0.4) is 0 Å². The Kier molecular flexibility index (Phi) is 4.30. The quantitative estimate of drug-likeness (QED) is 0.753. The fourth-order valence-corrected chi connectivity index (χ4v) is 3.10. The number of amides is 1. The summed E-state index contributed by atoms with van der Waals surface area (Å²) in [5, 5.41) is 11.6. The van der Waals surface area contributed by atoms with Gasteiger partial charge in [-0.3, -0.25) is 9.48 Å². The highest BCUT2D eigenvalue weighted by Crippen LogP contribution is 2.41. The molecule has 2 heterocycles. The van der Waals surface area contributed by atoms with Gasteiger partial charge in [0.1, 0.15) is 12.7 Å². The fraction of sp³-hybridized carbons (Fsp3) is 0.400. The third-order valence-corrected chi connectivity index (χ3v) is 4.62. The second-order valence-corrected chi connectivity index (χ2v) is 8.06. The third-order valence-electron chi connectivity index (χ3n) is 4.62. The first-order chi connectivity index (χ1) is 12.9. The van der Waals surface area contributed by atoms with Crippen LogP contribution in [0.4, 0.5) is 5.69 Å². The van der Waals surface area contributed by atoms with Crippen molar-refractivity contribution in [1.29, 1.82) is 0 Å². The largest absolute Gasteiger partial charge is 0.321 e. The molecule has 1 fully saturated rings. The number of hydrogen-bond donors (Lipinski definition) is 1. The first kappa shape index (κ1) is 17.5. The minimum atomic E-state index is -0.177. The van der Waals surface area contributed by atoms with Crippen LogP contribution in [0.2, 0.25) is 0 Å². The topological polar surface area (TPSA) is 77.6 Å². The van der Waals surface area contributed by atoms with Gasteiger partial charge in [-0.25, -0.2) is 9.67 Å². The number of benzene rings is 1. The second-order valence-electron chi connectivity index (χ2n) is 8.06. The van der Waals surface area contributed by atoms with Crippen LogP contribution in [-0.2, 0) is 12.1 Å². The van der Waals surface area contributed by atoms with Crippen LogP contribution in [-0.4, -0.2) is 30.5 Å². The Hall–Kier alpha value is -2.96. The Morgan fingerprint density at radius 2 is 1.96 bits per heavy atom. The lowest BCUT2D eigenvalue weighted by atomic mass is 10.1. The van der Waals surface area contributed by atoms with E-state index in [1.54, 1.807) is 11.0 Å². The molecule has 1 aliphatic rings. The van der Waals surface area contributed by atoms with E-state index in [1.165, 1.54) is 19.2 Å². The minimum absolute atomic E-state index is 0.139. The molecular formula is C20H24N6O. The molecule has 1 aromatic carbocycles. The number of rotatable bonds is 5. The molecule has 7 heteroatoms.